The molecule has 0 aliphatic carbocycles. The summed E-state index contributed by atoms with van der Waals surface area (Å²) in [6.45, 7) is 0.0529. The van der Waals surface area contributed by atoms with E-state index in [1.54, 1.807) is 14.1 Å². The zero-order valence-electron chi connectivity index (χ0n) is 9.79. The zero-order valence-corrected chi connectivity index (χ0v) is 10.6. The molecule has 0 aromatic rings. The van der Waals surface area contributed by atoms with Gasteiger partial charge in [0.25, 0.3) is 0 Å². The number of sulfone groups is 1. The fourth-order valence-electron chi connectivity index (χ4n) is 1.77. The Kier molecular flexibility index (Phi) is 3.97. The first-order valence-electron chi connectivity index (χ1n) is 5.13. The minimum Gasteiger partial charge on any atom is -0.481 e. The van der Waals surface area contributed by atoms with Crippen molar-refractivity contribution in [2.24, 2.45) is 0 Å². The van der Waals surface area contributed by atoms with Crippen LogP contribution in [0.4, 0.5) is 4.79 Å². The molecule has 1 unspecified atom stereocenters. The molecule has 1 aliphatic heterocycles. The first-order valence-corrected chi connectivity index (χ1v) is 6.95. The van der Waals surface area contributed by atoms with Gasteiger partial charge in [0, 0.05) is 20.6 Å². The summed E-state index contributed by atoms with van der Waals surface area (Å²) in [6.07, 6.45) is -0.348. The molecule has 1 saturated heterocycles. The van der Waals surface area contributed by atoms with Gasteiger partial charge in [-0.15, -0.1) is 0 Å². The Morgan fingerprint density at radius 3 is 2.47 bits per heavy atom. The molecule has 7 nitrogen and oxygen atoms in total. The SMILES string of the molecule is CN(C)C(=O)N1CCS(=O)(=O)CC1CC(=O)O. The molecule has 1 fully saturated rings. The number of carbonyl (C=O) groups is 2. The highest BCUT2D eigenvalue weighted by Gasteiger charge is 2.35. The third-order valence-electron chi connectivity index (χ3n) is 2.57. The lowest BCUT2D eigenvalue weighted by atomic mass is 10.2. The van der Waals surface area contributed by atoms with Gasteiger partial charge in [0.1, 0.15) is 0 Å². The topological polar surface area (TPSA) is 95.0 Å². The molecule has 8 heteroatoms. The fraction of sp³-hybridized carbons (Fsp3) is 0.778. The van der Waals surface area contributed by atoms with Crippen molar-refractivity contribution in [3.05, 3.63) is 0 Å². The molecule has 2 amide bonds. The van der Waals surface area contributed by atoms with Crippen molar-refractivity contribution in [2.75, 3.05) is 32.1 Å². The Labute approximate surface area is 99.9 Å². The Hall–Kier alpha value is -1.31. The second-order valence-corrected chi connectivity index (χ2v) is 6.47. The summed E-state index contributed by atoms with van der Waals surface area (Å²) in [4.78, 5) is 25.1. The molecular weight excluding hydrogens is 248 g/mol. The van der Waals surface area contributed by atoms with E-state index in [0.29, 0.717) is 0 Å². The molecule has 17 heavy (non-hydrogen) atoms. The van der Waals surface area contributed by atoms with Gasteiger partial charge < -0.3 is 14.9 Å². The number of amides is 2. The summed E-state index contributed by atoms with van der Waals surface area (Å²) in [5.74, 6) is -1.50. The minimum atomic E-state index is -3.25. The number of carbonyl (C=O) groups excluding carboxylic acids is 1. The van der Waals surface area contributed by atoms with Crippen LogP contribution in [0.2, 0.25) is 0 Å². The lowest BCUT2D eigenvalue weighted by Gasteiger charge is -2.36. The van der Waals surface area contributed by atoms with Crippen LogP contribution in [0.5, 0.6) is 0 Å². The maximum absolute atomic E-state index is 11.8. The van der Waals surface area contributed by atoms with Crippen LogP contribution >= 0.6 is 0 Å². The lowest BCUT2D eigenvalue weighted by molar-refractivity contribution is -0.138. The van der Waals surface area contributed by atoms with Crippen molar-refractivity contribution in [2.45, 2.75) is 12.5 Å². The second-order valence-electron chi connectivity index (χ2n) is 4.24. The molecule has 0 radical (unpaired) electrons. The van der Waals surface area contributed by atoms with E-state index in [-0.39, 0.29) is 30.5 Å². The van der Waals surface area contributed by atoms with E-state index in [1.165, 1.54) is 9.80 Å². The Morgan fingerprint density at radius 2 is 2.00 bits per heavy atom. The van der Waals surface area contributed by atoms with Crippen LogP contribution in [0.3, 0.4) is 0 Å². The van der Waals surface area contributed by atoms with Gasteiger partial charge in [0.15, 0.2) is 9.84 Å². The highest BCUT2D eigenvalue weighted by atomic mass is 32.2. The highest BCUT2D eigenvalue weighted by Crippen LogP contribution is 2.16. The van der Waals surface area contributed by atoms with Gasteiger partial charge in [-0.3, -0.25) is 4.79 Å². The Bertz CT molecular complexity index is 417. The third kappa shape index (κ3) is 3.58. The molecule has 0 spiro atoms. The molecule has 1 aliphatic rings. The van der Waals surface area contributed by atoms with E-state index in [1.807, 2.05) is 0 Å². The first-order chi connectivity index (χ1) is 7.73. The van der Waals surface area contributed by atoms with Gasteiger partial charge in [-0.1, -0.05) is 0 Å². The van der Waals surface area contributed by atoms with Crippen LogP contribution in [0, 0.1) is 0 Å². The largest absolute Gasteiger partial charge is 0.481 e. The number of hydrogen-bond donors (Lipinski definition) is 1. The summed E-state index contributed by atoms with van der Waals surface area (Å²) in [7, 11) is -0.156. The molecule has 98 valence electrons. The molecule has 1 rings (SSSR count). The predicted octanol–water partition coefficient (Wildman–Crippen LogP) is -0.758. The van der Waals surface area contributed by atoms with E-state index >= 15 is 0 Å². The van der Waals surface area contributed by atoms with Crippen molar-refractivity contribution in [3.8, 4) is 0 Å². The molecular formula is C9H16N2O5S. The van der Waals surface area contributed by atoms with Crippen LogP contribution in [-0.2, 0) is 14.6 Å². The summed E-state index contributed by atoms with van der Waals surface area (Å²) in [5.41, 5.74) is 0. The molecule has 0 aromatic carbocycles. The number of urea groups is 1. The molecule has 0 aromatic heterocycles. The average molecular weight is 264 g/mol. The standard InChI is InChI=1S/C9H16N2O5S/c1-10(2)9(14)11-3-4-17(15,16)6-7(11)5-8(12)13/h7H,3-6H2,1-2H3,(H,12,13). The van der Waals surface area contributed by atoms with Crippen LogP contribution in [0.1, 0.15) is 6.42 Å². The van der Waals surface area contributed by atoms with Crippen molar-refractivity contribution in [3.63, 3.8) is 0 Å². The number of carboxylic acids is 1. The van der Waals surface area contributed by atoms with Crippen molar-refractivity contribution >= 4 is 21.8 Å². The number of nitrogens with zero attached hydrogens (tertiary/aromatic N) is 2. The van der Waals surface area contributed by atoms with E-state index in [9.17, 15) is 18.0 Å². The number of rotatable bonds is 2. The summed E-state index contributed by atoms with van der Waals surface area (Å²) in [6, 6.07) is -1.13. The maximum Gasteiger partial charge on any atom is 0.319 e. The van der Waals surface area contributed by atoms with Crippen molar-refractivity contribution in [1.82, 2.24) is 9.80 Å². The number of carboxylic acid groups (broad SMARTS) is 1. The van der Waals surface area contributed by atoms with Crippen LogP contribution < -0.4 is 0 Å². The van der Waals surface area contributed by atoms with Gasteiger partial charge >= 0.3 is 12.0 Å². The molecule has 1 atom stereocenters. The van der Waals surface area contributed by atoms with E-state index in [0.717, 1.165) is 0 Å². The van der Waals surface area contributed by atoms with Crippen molar-refractivity contribution in [1.29, 1.82) is 0 Å². The second kappa shape index (κ2) is 4.91. The van der Waals surface area contributed by atoms with Gasteiger partial charge in [0.05, 0.1) is 24.0 Å². The van der Waals surface area contributed by atoms with Gasteiger partial charge in [-0.05, 0) is 0 Å². The van der Waals surface area contributed by atoms with Crippen LogP contribution in [0.15, 0.2) is 0 Å². The number of aliphatic carboxylic acids is 1. The molecule has 1 heterocycles. The van der Waals surface area contributed by atoms with Gasteiger partial charge in [-0.25, -0.2) is 13.2 Å². The minimum absolute atomic E-state index is 0.0529. The van der Waals surface area contributed by atoms with Crippen molar-refractivity contribution < 1.29 is 23.1 Å². The fourth-order valence-corrected chi connectivity index (χ4v) is 3.29. The smallest absolute Gasteiger partial charge is 0.319 e. The van der Waals surface area contributed by atoms with Crippen LogP contribution in [-0.4, -0.2) is 73.5 Å². The quantitative estimate of drug-likeness (QED) is 0.707. The monoisotopic (exact) mass is 264 g/mol. The lowest BCUT2D eigenvalue weighted by Crippen LogP contribution is -2.54. The van der Waals surface area contributed by atoms with E-state index in [2.05, 4.69) is 0 Å². The highest BCUT2D eigenvalue weighted by molar-refractivity contribution is 7.91. The average Bonchev–Trinajstić information content (AvgIpc) is 2.14. The van der Waals surface area contributed by atoms with E-state index < -0.39 is 21.8 Å². The number of hydrogen-bond acceptors (Lipinski definition) is 4. The Morgan fingerprint density at radius 1 is 1.41 bits per heavy atom. The maximum atomic E-state index is 11.8. The summed E-state index contributed by atoms with van der Waals surface area (Å²) >= 11 is 0. The molecule has 0 saturated carbocycles. The zero-order chi connectivity index (χ0) is 13.2. The molecule has 0 bridgehead atoms. The summed E-state index contributed by atoms with van der Waals surface area (Å²) in [5, 5.41) is 8.73. The van der Waals surface area contributed by atoms with E-state index in [4.69, 9.17) is 5.11 Å². The Balaban J connectivity index is 2.88. The molecule has 1 N–H and O–H groups in total. The normalized spacial score (nSPS) is 23.2. The van der Waals surface area contributed by atoms with Gasteiger partial charge in [0.2, 0.25) is 0 Å². The first kappa shape index (κ1) is 13.8. The summed E-state index contributed by atoms with van der Waals surface area (Å²) < 4.78 is 22.9. The van der Waals surface area contributed by atoms with Crippen LogP contribution in [0.25, 0.3) is 0 Å². The third-order valence-corrected chi connectivity index (χ3v) is 4.27. The van der Waals surface area contributed by atoms with Gasteiger partial charge in [-0.2, -0.15) is 0 Å². The predicted molar refractivity (Wildman–Crippen MR) is 60.5 cm³/mol.